The Morgan fingerprint density at radius 3 is 2.25 bits per heavy atom. The average Bonchev–Trinajstić information content (AvgIpc) is 2.57. The van der Waals surface area contributed by atoms with Gasteiger partial charge in [-0.25, -0.2) is 12.8 Å². The molecule has 24 heavy (non-hydrogen) atoms. The van der Waals surface area contributed by atoms with E-state index in [2.05, 4.69) is 10.0 Å². The van der Waals surface area contributed by atoms with Crippen molar-refractivity contribution in [1.82, 2.24) is 5.32 Å². The largest absolute Gasteiger partial charge is 0.352 e. The summed E-state index contributed by atoms with van der Waals surface area (Å²) in [6, 6.07) is 12.3. The quantitative estimate of drug-likeness (QED) is 0.806. The summed E-state index contributed by atoms with van der Waals surface area (Å²) in [4.78, 5) is 12.0. The minimum Gasteiger partial charge on any atom is -0.352 e. The van der Waals surface area contributed by atoms with Crippen molar-refractivity contribution in [3.05, 3.63) is 65.5 Å². The molecule has 0 spiro atoms. The number of hydrogen-bond donors (Lipinski definition) is 2. The van der Waals surface area contributed by atoms with Crippen LogP contribution in [0.15, 0.2) is 48.5 Å². The number of carbonyl (C=O) groups is 1. The van der Waals surface area contributed by atoms with Crippen LogP contribution in [0.2, 0.25) is 0 Å². The summed E-state index contributed by atoms with van der Waals surface area (Å²) < 4.78 is 38.2. The Kier molecular flexibility index (Phi) is 5.92. The second kappa shape index (κ2) is 7.92. The molecule has 0 radical (unpaired) electrons. The monoisotopic (exact) mass is 350 g/mol. The predicted octanol–water partition coefficient (Wildman–Crippen LogP) is 2.56. The number of nitrogens with one attached hydrogen (secondary N) is 2. The molecule has 0 heterocycles. The van der Waals surface area contributed by atoms with E-state index >= 15 is 0 Å². The molecule has 0 aliphatic rings. The van der Waals surface area contributed by atoms with Gasteiger partial charge in [-0.3, -0.25) is 9.52 Å². The summed E-state index contributed by atoms with van der Waals surface area (Å²) in [6.45, 7) is 1.97. The SMILES string of the molecule is CCS(=O)(=O)Nc1ccc(C(=O)NCCc2ccc(F)cc2)cc1. The van der Waals surface area contributed by atoms with Crippen molar-refractivity contribution >= 4 is 21.6 Å². The van der Waals surface area contributed by atoms with Crippen LogP contribution < -0.4 is 10.0 Å². The lowest BCUT2D eigenvalue weighted by Crippen LogP contribution is -2.25. The molecule has 0 aromatic heterocycles. The molecule has 0 aliphatic carbocycles. The fourth-order valence-corrected chi connectivity index (χ4v) is 2.65. The van der Waals surface area contributed by atoms with Crippen molar-refractivity contribution < 1.29 is 17.6 Å². The number of anilines is 1. The van der Waals surface area contributed by atoms with E-state index in [1.165, 1.54) is 12.1 Å². The maximum Gasteiger partial charge on any atom is 0.251 e. The number of rotatable bonds is 7. The maximum absolute atomic E-state index is 12.8. The van der Waals surface area contributed by atoms with E-state index in [1.54, 1.807) is 43.3 Å². The molecule has 2 aromatic rings. The Balaban J connectivity index is 1.87. The Morgan fingerprint density at radius 2 is 1.67 bits per heavy atom. The van der Waals surface area contributed by atoms with Gasteiger partial charge in [0.2, 0.25) is 10.0 Å². The zero-order chi connectivity index (χ0) is 17.6. The van der Waals surface area contributed by atoms with Crippen LogP contribution in [-0.2, 0) is 16.4 Å². The molecule has 5 nitrogen and oxygen atoms in total. The number of hydrogen-bond acceptors (Lipinski definition) is 3. The van der Waals surface area contributed by atoms with E-state index in [0.29, 0.717) is 24.2 Å². The lowest BCUT2D eigenvalue weighted by atomic mass is 10.1. The fourth-order valence-electron chi connectivity index (χ4n) is 2.01. The summed E-state index contributed by atoms with van der Waals surface area (Å²) in [6.07, 6.45) is 0.598. The Morgan fingerprint density at radius 1 is 1.04 bits per heavy atom. The normalized spacial score (nSPS) is 11.1. The predicted molar refractivity (Wildman–Crippen MR) is 92.0 cm³/mol. The molecule has 2 aromatic carbocycles. The third-order valence-electron chi connectivity index (χ3n) is 3.41. The van der Waals surface area contributed by atoms with Crippen LogP contribution >= 0.6 is 0 Å². The first-order valence-electron chi connectivity index (χ1n) is 7.53. The molecule has 0 bridgehead atoms. The number of benzene rings is 2. The van der Waals surface area contributed by atoms with Crippen molar-refractivity contribution in [1.29, 1.82) is 0 Å². The van der Waals surface area contributed by atoms with Crippen molar-refractivity contribution in [2.45, 2.75) is 13.3 Å². The molecule has 0 saturated heterocycles. The topological polar surface area (TPSA) is 75.3 Å². The maximum atomic E-state index is 12.8. The van der Waals surface area contributed by atoms with Crippen LogP contribution in [0.1, 0.15) is 22.8 Å². The lowest BCUT2D eigenvalue weighted by molar-refractivity contribution is 0.0954. The third-order valence-corrected chi connectivity index (χ3v) is 4.72. The van der Waals surface area contributed by atoms with Gasteiger partial charge in [0.25, 0.3) is 5.91 Å². The Bertz CT molecular complexity index is 788. The highest BCUT2D eigenvalue weighted by Crippen LogP contribution is 2.11. The first-order valence-corrected chi connectivity index (χ1v) is 9.18. The van der Waals surface area contributed by atoms with Crippen LogP contribution in [0.4, 0.5) is 10.1 Å². The molecular formula is C17H19FN2O3S. The zero-order valence-corrected chi connectivity index (χ0v) is 14.1. The van der Waals surface area contributed by atoms with Gasteiger partial charge in [-0.05, 0) is 55.3 Å². The van der Waals surface area contributed by atoms with E-state index in [0.717, 1.165) is 5.56 Å². The zero-order valence-electron chi connectivity index (χ0n) is 13.3. The molecular weight excluding hydrogens is 331 g/mol. The van der Waals surface area contributed by atoms with Gasteiger partial charge in [-0.2, -0.15) is 0 Å². The highest BCUT2D eigenvalue weighted by atomic mass is 32.2. The van der Waals surface area contributed by atoms with E-state index in [9.17, 15) is 17.6 Å². The van der Waals surface area contributed by atoms with E-state index in [1.807, 2.05) is 0 Å². The second-order valence-corrected chi connectivity index (χ2v) is 7.23. The molecule has 7 heteroatoms. The van der Waals surface area contributed by atoms with Gasteiger partial charge in [-0.15, -0.1) is 0 Å². The van der Waals surface area contributed by atoms with Gasteiger partial charge in [0.15, 0.2) is 0 Å². The van der Waals surface area contributed by atoms with E-state index in [4.69, 9.17) is 0 Å². The smallest absolute Gasteiger partial charge is 0.251 e. The summed E-state index contributed by atoms with van der Waals surface area (Å²) in [5, 5.41) is 2.77. The van der Waals surface area contributed by atoms with Gasteiger partial charge < -0.3 is 5.32 Å². The van der Waals surface area contributed by atoms with Gasteiger partial charge in [0.05, 0.1) is 5.75 Å². The molecule has 0 aliphatic heterocycles. The Labute approximate surface area is 141 Å². The number of amides is 1. The average molecular weight is 350 g/mol. The van der Waals surface area contributed by atoms with Crippen LogP contribution in [0.3, 0.4) is 0 Å². The highest BCUT2D eigenvalue weighted by molar-refractivity contribution is 7.92. The standard InChI is InChI=1S/C17H19FN2O3S/c1-2-24(22,23)20-16-9-5-14(6-10-16)17(21)19-12-11-13-3-7-15(18)8-4-13/h3-10,20H,2,11-12H2,1H3,(H,19,21). The number of halogens is 1. The van der Waals surface area contributed by atoms with Gasteiger partial charge in [-0.1, -0.05) is 12.1 Å². The molecule has 1 amide bonds. The van der Waals surface area contributed by atoms with Gasteiger partial charge >= 0.3 is 0 Å². The summed E-state index contributed by atoms with van der Waals surface area (Å²) in [7, 11) is -3.33. The molecule has 2 rings (SSSR count). The highest BCUT2D eigenvalue weighted by Gasteiger charge is 2.08. The van der Waals surface area contributed by atoms with Crippen LogP contribution in [0, 0.1) is 5.82 Å². The molecule has 0 atom stereocenters. The van der Waals surface area contributed by atoms with E-state index in [-0.39, 0.29) is 17.5 Å². The summed E-state index contributed by atoms with van der Waals surface area (Å²) >= 11 is 0. The number of carbonyl (C=O) groups excluding carboxylic acids is 1. The van der Waals surface area contributed by atoms with Crippen molar-refractivity contribution in [3.63, 3.8) is 0 Å². The third kappa shape index (κ3) is 5.34. The van der Waals surface area contributed by atoms with Gasteiger partial charge in [0, 0.05) is 17.8 Å². The first-order chi connectivity index (χ1) is 11.4. The Hall–Kier alpha value is -2.41. The number of sulfonamides is 1. The van der Waals surface area contributed by atoms with Gasteiger partial charge in [0.1, 0.15) is 5.82 Å². The molecule has 0 fully saturated rings. The van der Waals surface area contributed by atoms with Crippen LogP contribution in [0.25, 0.3) is 0 Å². The lowest BCUT2D eigenvalue weighted by Gasteiger charge is -2.08. The molecule has 2 N–H and O–H groups in total. The van der Waals surface area contributed by atoms with Crippen molar-refractivity contribution in [2.24, 2.45) is 0 Å². The van der Waals surface area contributed by atoms with E-state index < -0.39 is 10.0 Å². The summed E-state index contributed by atoms with van der Waals surface area (Å²) in [5.74, 6) is -0.554. The minimum absolute atomic E-state index is 0.0153. The van der Waals surface area contributed by atoms with Crippen LogP contribution in [0.5, 0.6) is 0 Å². The first kappa shape index (κ1) is 17.9. The van der Waals surface area contributed by atoms with Crippen molar-refractivity contribution in [2.75, 3.05) is 17.0 Å². The second-order valence-electron chi connectivity index (χ2n) is 5.22. The fraction of sp³-hybridized carbons (Fsp3) is 0.235. The van der Waals surface area contributed by atoms with Crippen LogP contribution in [-0.4, -0.2) is 26.6 Å². The summed E-state index contributed by atoms with van der Waals surface area (Å²) in [5.41, 5.74) is 1.79. The molecule has 0 unspecified atom stereocenters. The van der Waals surface area contributed by atoms with Crippen molar-refractivity contribution in [3.8, 4) is 0 Å². The molecule has 128 valence electrons. The molecule has 0 saturated carbocycles. The minimum atomic E-state index is -3.33.